The fraction of sp³-hybridized carbons (Fsp3) is 0.952. The third-order valence-electron chi connectivity index (χ3n) is 11.1. The molecule has 48 heavy (non-hydrogen) atoms. The fourth-order valence-corrected chi connectivity index (χ4v) is 7.92. The van der Waals surface area contributed by atoms with E-state index in [1.165, 1.54) is 116 Å². The Kier molecular flexibility index (Phi) is 29.7. The zero-order chi connectivity index (χ0) is 35.1. The SMILES string of the molecule is CCCCCCCCC(CCCCCCCC)C(CCCCCCN(CCO)CCCC(=O)OC1CCC(CCCCC)CC1)C(=O)O. The van der Waals surface area contributed by atoms with E-state index < -0.39 is 5.97 Å². The molecule has 1 aliphatic rings. The van der Waals surface area contributed by atoms with Gasteiger partial charge in [0, 0.05) is 13.0 Å². The Morgan fingerprint density at radius 2 is 1.12 bits per heavy atom. The van der Waals surface area contributed by atoms with Crippen LogP contribution >= 0.6 is 0 Å². The topological polar surface area (TPSA) is 87.1 Å². The van der Waals surface area contributed by atoms with Crippen molar-refractivity contribution < 1.29 is 24.5 Å². The first-order valence-electron chi connectivity index (χ1n) is 21.2. The maximum atomic E-state index is 12.5. The molecule has 0 bridgehead atoms. The lowest BCUT2D eigenvalue weighted by Crippen LogP contribution is -2.30. The maximum Gasteiger partial charge on any atom is 0.306 e. The maximum absolute atomic E-state index is 12.5. The lowest BCUT2D eigenvalue weighted by atomic mass is 9.80. The number of hydrogen-bond acceptors (Lipinski definition) is 5. The lowest BCUT2D eigenvalue weighted by molar-refractivity contribution is -0.151. The van der Waals surface area contributed by atoms with Crippen LogP contribution in [-0.4, -0.2) is 59.4 Å². The standard InChI is InChI=1S/C42H81NO5/c1-4-7-10-12-14-19-25-38(26-20-15-13-11-8-5-2)40(42(46)47)27-21-16-17-22-33-43(35-36-44)34-23-28-41(45)48-39-31-29-37(30-32-39)24-18-9-6-3/h37-40,44H,4-36H2,1-3H3,(H,46,47). The molecule has 0 radical (unpaired) electrons. The fourth-order valence-electron chi connectivity index (χ4n) is 7.92. The largest absolute Gasteiger partial charge is 0.481 e. The van der Waals surface area contributed by atoms with E-state index in [9.17, 15) is 19.8 Å². The second kappa shape index (κ2) is 31.8. The molecule has 0 amide bonds. The van der Waals surface area contributed by atoms with E-state index in [0.717, 1.165) is 83.2 Å². The molecule has 284 valence electrons. The highest BCUT2D eigenvalue weighted by Gasteiger charge is 2.27. The zero-order valence-corrected chi connectivity index (χ0v) is 32.2. The molecule has 0 aromatic carbocycles. The minimum Gasteiger partial charge on any atom is -0.481 e. The first-order valence-corrected chi connectivity index (χ1v) is 21.2. The number of aliphatic hydroxyl groups is 1. The summed E-state index contributed by atoms with van der Waals surface area (Å²) in [4.78, 5) is 27.2. The number of unbranched alkanes of at least 4 members (excludes halogenated alkanes) is 15. The summed E-state index contributed by atoms with van der Waals surface area (Å²) in [6.07, 6.45) is 33.3. The van der Waals surface area contributed by atoms with Gasteiger partial charge in [0.05, 0.1) is 12.5 Å². The molecule has 1 saturated carbocycles. The average molecular weight is 680 g/mol. The van der Waals surface area contributed by atoms with Crippen molar-refractivity contribution in [3.05, 3.63) is 0 Å². The summed E-state index contributed by atoms with van der Waals surface area (Å²) in [5, 5.41) is 19.8. The molecule has 0 saturated heterocycles. The number of aliphatic carboxylic acids is 1. The van der Waals surface area contributed by atoms with Crippen LogP contribution in [0.1, 0.15) is 207 Å². The van der Waals surface area contributed by atoms with Crippen molar-refractivity contribution in [1.82, 2.24) is 4.90 Å². The number of rotatable bonds is 34. The lowest BCUT2D eigenvalue weighted by Gasteiger charge is -2.28. The number of carboxylic acid groups (broad SMARTS) is 1. The summed E-state index contributed by atoms with van der Waals surface area (Å²) in [5.41, 5.74) is 0. The van der Waals surface area contributed by atoms with Crippen LogP contribution in [-0.2, 0) is 14.3 Å². The number of esters is 1. The van der Waals surface area contributed by atoms with Crippen LogP contribution in [0.3, 0.4) is 0 Å². The Labute approximate surface area is 297 Å². The van der Waals surface area contributed by atoms with Crippen LogP contribution in [0, 0.1) is 17.8 Å². The molecular formula is C42H81NO5. The van der Waals surface area contributed by atoms with Gasteiger partial charge in [-0.15, -0.1) is 0 Å². The van der Waals surface area contributed by atoms with Gasteiger partial charge in [0.2, 0.25) is 0 Å². The molecule has 6 heteroatoms. The van der Waals surface area contributed by atoms with E-state index in [4.69, 9.17) is 4.74 Å². The van der Waals surface area contributed by atoms with Gasteiger partial charge in [0.15, 0.2) is 0 Å². The van der Waals surface area contributed by atoms with Gasteiger partial charge in [-0.05, 0) is 82.7 Å². The van der Waals surface area contributed by atoms with Crippen LogP contribution in [0.5, 0.6) is 0 Å². The summed E-state index contributed by atoms with van der Waals surface area (Å²) >= 11 is 0. The molecular weight excluding hydrogens is 598 g/mol. The second-order valence-corrected chi connectivity index (χ2v) is 15.3. The van der Waals surface area contributed by atoms with E-state index in [0.29, 0.717) is 18.9 Å². The van der Waals surface area contributed by atoms with Gasteiger partial charge in [-0.25, -0.2) is 0 Å². The molecule has 1 atom stereocenters. The normalized spacial score (nSPS) is 17.3. The summed E-state index contributed by atoms with van der Waals surface area (Å²) in [6.45, 7) is 9.24. The minimum atomic E-state index is -0.584. The predicted molar refractivity (Wildman–Crippen MR) is 202 cm³/mol. The average Bonchev–Trinajstić information content (AvgIpc) is 3.07. The van der Waals surface area contributed by atoms with Gasteiger partial charge < -0.3 is 19.8 Å². The molecule has 1 rings (SSSR count). The molecule has 6 nitrogen and oxygen atoms in total. The van der Waals surface area contributed by atoms with Gasteiger partial charge in [-0.1, -0.05) is 143 Å². The minimum absolute atomic E-state index is 0.0624. The highest BCUT2D eigenvalue weighted by Crippen LogP contribution is 2.31. The van der Waals surface area contributed by atoms with E-state index in [-0.39, 0.29) is 24.6 Å². The number of aliphatic hydroxyl groups excluding tert-OH is 1. The van der Waals surface area contributed by atoms with Crippen molar-refractivity contribution in [3.8, 4) is 0 Å². The van der Waals surface area contributed by atoms with Crippen molar-refractivity contribution in [1.29, 1.82) is 0 Å². The number of carbonyl (C=O) groups is 2. The van der Waals surface area contributed by atoms with Crippen molar-refractivity contribution in [2.24, 2.45) is 17.8 Å². The third-order valence-corrected chi connectivity index (χ3v) is 11.1. The molecule has 0 spiro atoms. The predicted octanol–water partition coefficient (Wildman–Crippen LogP) is 11.5. The Morgan fingerprint density at radius 3 is 1.69 bits per heavy atom. The smallest absolute Gasteiger partial charge is 0.306 e. The molecule has 0 aromatic heterocycles. The van der Waals surface area contributed by atoms with Crippen LogP contribution in [0.4, 0.5) is 0 Å². The Bertz CT molecular complexity index is 722. The monoisotopic (exact) mass is 680 g/mol. The van der Waals surface area contributed by atoms with Crippen LogP contribution in [0.15, 0.2) is 0 Å². The van der Waals surface area contributed by atoms with Crippen LogP contribution in [0.25, 0.3) is 0 Å². The van der Waals surface area contributed by atoms with Gasteiger partial charge in [0.1, 0.15) is 6.10 Å². The Hall–Kier alpha value is -1.14. The van der Waals surface area contributed by atoms with Crippen molar-refractivity contribution in [3.63, 3.8) is 0 Å². The van der Waals surface area contributed by atoms with Crippen molar-refractivity contribution in [2.45, 2.75) is 213 Å². The number of carboxylic acids is 1. The first kappa shape index (κ1) is 44.9. The van der Waals surface area contributed by atoms with Crippen molar-refractivity contribution >= 4 is 11.9 Å². The molecule has 2 N–H and O–H groups in total. The number of ether oxygens (including phenoxy) is 1. The highest BCUT2D eigenvalue weighted by molar-refractivity contribution is 5.70. The second-order valence-electron chi connectivity index (χ2n) is 15.3. The van der Waals surface area contributed by atoms with Crippen LogP contribution < -0.4 is 0 Å². The van der Waals surface area contributed by atoms with Gasteiger partial charge >= 0.3 is 11.9 Å². The summed E-state index contributed by atoms with van der Waals surface area (Å²) in [6, 6.07) is 0. The van der Waals surface area contributed by atoms with E-state index in [1.54, 1.807) is 0 Å². The summed E-state index contributed by atoms with van der Waals surface area (Å²) < 4.78 is 5.82. The summed E-state index contributed by atoms with van der Waals surface area (Å²) in [7, 11) is 0. The molecule has 1 unspecified atom stereocenters. The first-order chi connectivity index (χ1) is 23.4. The summed E-state index contributed by atoms with van der Waals surface area (Å²) in [5.74, 6) is 0.283. The van der Waals surface area contributed by atoms with Gasteiger partial charge in [-0.3, -0.25) is 9.59 Å². The molecule has 0 heterocycles. The van der Waals surface area contributed by atoms with E-state index >= 15 is 0 Å². The van der Waals surface area contributed by atoms with Crippen LogP contribution in [0.2, 0.25) is 0 Å². The molecule has 0 aliphatic heterocycles. The Morgan fingerprint density at radius 1 is 0.625 bits per heavy atom. The highest BCUT2D eigenvalue weighted by atomic mass is 16.5. The molecule has 0 aromatic rings. The third kappa shape index (κ3) is 24.1. The van der Waals surface area contributed by atoms with Gasteiger partial charge in [0.25, 0.3) is 0 Å². The molecule has 1 aliphatic carbocycles. The zero-order valence-electron chi connectivity index (χ0n) is 32.2. The molecule has 1 fully saturated rings. The van der Waals surface area contributed by atoms with Gasteiger partial charge in [-0.2, -0.15) is 0 Å². The van der Waals surface area contributed by atoms with Crippen molar-refractivity contribution in [2.75, 3.05) is 26.2 Å². The van der Waals surface area contributed by atoms with E-state index in [2.05, 4.69) is 25.7 Å². The number of carbonyl (C=O) groups excluding carboxylic acids is 1. The Balaban J connectivity index is 2.34. The number of nitrogens with zero attached hydrogens (tertiary/aromatic N) is 1. The number of hydrogen-bond donors (Lipinski definition) is 2. The van der Waals surface area contributed by atoms with E-state index in [1.807, 2.05) is 0 Å². The quantitative estimate of drug-likeness (QED) is 0.0520.